The van der Waals surface area contributed by atoms with Crippen LogP contribution in [0.25, 0.3) is 0 Å². The first kappa shape index (κ1) is 15.9. The van der Waals surface area contributed by atoms with Crippen LogP contribution in [-0.2, 0) is 11.2 Å². The van der Waals surface area contributed by atoms with Crippen molar-refractivity contribution in [3.8, 4) is 0 Å². The largest absolute Gasteiger partial charge is 0.399 e. The van der Waals surface area contributed by atoms with E-state index in [1.54, 1.807) is 18.7 Å². The van der Waals surface area contributed by atoms with Gasteiger partial charge in [-0.3, -0.25) is 4.79 Å². The summed E-state index contributed by atoms with van der Waals surface area (Å²) in [5, 5.41) is 12.7. The molecular formula is C14H22N2O2S. The molecule has 1 rings (SSSR count). The molecule has 0 saturated heterocycles. The molecule has 5 heteroatoms. The Balaban J connectivity index is 2.30. The summed E-state index contributed by atoms with van der Waals surface area (Å²) in [7, 11) is 0. The molecule has 19 heavy (non-hydrogen) atoms. The monoisotopic (exact) mass is 282 g/mol. The summed E-state index contributed by atoms with van der Waals surface area (Å²) in [5.41, 5.74) is 6.55. The van der Waals surface area contributed by atoms with Gasteiger partial charge in [0.15, 0.2) is 0 Å². The molecule has 4 N–H and O–H groups in total. The van der Waals surface area contributed by atoms with Gasteiger partial charge in [-0.15, -0.1) is 0 Å². The number of benzene rings is 1. The zero-order chi connectivity index (χ0) is 14.3. The molecule has 0 fully saturated rings. The Labute approximate surface area is 118 Å². The van der Waals surface area contributed by atoms with Crippen LogP contribution in [0.3, 0.4) is 0 Å². The number of hydrogen-bond acceptors (Lipinski definition) is 4. The number of aryl methyl sites for hydroxylation is 1. The number of amides is 1. The van der Waals surface area contributed by atoms with E-state index in [0.29, 0.717) is 18.6 Å². The summed E-state index contributed by atoms with van der Waals surface area (Å²) in [6.07, 6.45) is 3.02. The highest BCUT2D eigenvalue weighted by Crippen LogP contribution is 2.10. The third-order valence-electron chi connectivity index (χ3n) is 2.74. The minimum absolute atomic E-state index is 0.0433. The average molecular weight is 282 g/mol. The van der Waals surface area contributed by atoms with Crippen molar-refractivity contribution in [1.82, 2.24) is 5.32 Å². The quantitative estimate of drug-likeness (QED) is 0.661. The van der Waals surface area contributed by atoms with E-state index in [1.165, 1.54) is 0 Å². The lowest BCUT2D eigenvalue weighted by atomic mass is 10.1. The van der Waals surface area contributed by atoms with Gasteiger partial charge in [0.1, 0.15) is 0 Å². The normalized spacial score (nSPS) is 13.8. The van der Waals surface area contributed by atoms with E-state index in [-0.39, 0.29) is 12.5 Å². The number of carbonyl (C=O) groups is 1. The van der Waals surface area contributed by atoms with Crippen molar-refractivity contribution in [2.45, 2.75) is 25.4 Å². The van der Waals surface area contributed by atoms with Crippen molar-refractivity contribution < 1.29 is 9.90 Å². The Bertz CT molecular complexity index is 404. The van der Waals surface area contributed by atoms with Gasteiger partial charge in [-0.05, 0) is 37.3 Å². The van der Waals surface area contributed by atoms with Crippen LogP contribution in [0.1, 0.15) is 18.9 Å². The molecule has 1 aromatic carbocycles. The van der Waals surface area contributed by atoms with Gasteiger partial charge in [-0.25, -0.2) is 0 Å². The third-order valence-corrected chi connectivity index (χ3v) is 3.65. The zero-order valence-electron chi connectivity index (χ0n) is 11.5. The molecule has 1 unspecified atom stereocenters. The molecule has 0 aliphatic carbocycles. The number of nitrogen functional groups attached to an aromatic ring is 1. The molecule has 4 nitrogen and oxygen atoms in total. The van der Waals surface area contributed by atoms with Gasteiger partial charge in [0.25, 0.3) is 0 Å². The molecule has 0 radical (unpaired) electrons. The molecule has 0 bridgehead atoms. The summed E-state index contributed by atoms with van der Waals surface area (Å²) in [5.74, 6) is 0.559. The van der Waals surface area contributed by atoms with Crippen molar-refractivity contribution in [3.05, 3.63) is 29.8 Å². The number of aliphatic hydroxyl groups is 1. The number of rotatable bonds is 7. The lowest BCUT2D eigenvalue weighted by Crippen LogP contribution is -2.42. The van der Waals surface area contributed by atoms with Gasteiger partial charge in [0.05, 0.1) is 5.60 Å². The second kappa shape index (κ2) is 7.40. The van der Waals surface area contributed by atoms with Crippen LogP contribution in [0, 0.1) is 0 Å². The highest BCUT2D eigenvalue weighted by molar-refractivity contribution is 7.98. The van der Waals surface area contributed by atoms with E-state index in [1.807, 2.05) is 30.5 Å². The van der Waals surface area contributed by atoms with Gasteiger partial charge in [-0.2, -0.15) is 11.8 Å². The summed E-state index contributed by atoms with van der Waals surface area (Å²) in [4.78, 5) is 11.7. The van der Waals surface area contributed by atoms with Crippen LogP contribution >= 0.6 is 11.8 Å². The first-order chi connectivity index (χ1) is 8.93. The van der Waals surface area contributed by atoms with Crippen molar-refractivity contribution in [3.63, 3.8) is 0 Å². The molecule has 106 valence electrons. The summed E-state index contributed by atoms with van der Waals surface area (Å²) >= 11 is 1.56. The molecule has 0 aromatic heterocycles. The highest BCUT2D eigenvalue weighted by atomic mass is 32.2. The molecule has 1 amide bonds. The maximum atomic E-state index is 11.7. The molecule has 0 aliphatic rings. The fourth-order valence-electron chi connectivity index (χ4n) is 1.68. The molecular weight excluding hydrogens is 260 g/mol. The lowest BCUT2D eigenvalue weighted by Gasteiger charge is -2.22. The fourth-order valence-corrected chi connectivity index (χ4v) is 2.41. The van der Waals surface area contributed by atoms with Crippen LogP contribution in [0.15, 0.2) is 24.3 Å². The summed E-state index contributed by atoms with van der Waals surface area (Å²) < 4.78 is 0. The molecule has 0 heterocycles. The van der Waals surface area contributed by atoms with Gasteiger partial charge < -0.3 is 16.2 Å². The van der Waals surface area contributed by atoms with E-state index < -0.39 is 5.60 Å². The molecule has 1 aromatic rings. The Morgan fingerprint density at radius 2 is 2.05 bits per heavy atom. The number of thioether (sulfide) groups is 1. The van der Waals surface area contributed by atoms with E-state index in [2.05, 4.69) is 5.32 Å². The van der Waals surface area contributed by atoms with E-state index in [9.17, 15) is 9.90 Å². The topological polar surface area (TPSA) is 75.3 Å². The van der Waals surface area contributed by atoms with E-state index in [4.69, 9.17) is 5.73 Å². The number of anilines is 1. The summed E-state index contributed by atoms with van der Waals surface area (Å²) in [6, 6.07) is 7.51. The van der Waals surface area contributed by atoms with Crippen molar-refractivity contribution in [1.29, 1.82) is 0 Å². The Morgan fingerprint density at radius 3 is 2.63 bits per heavy atom. The average Bonchev–Trinajstić information content (AvgIpc) is 2.36. The first-order valence-electron chi connectivity index (χ1n) is 6.25. The van der Waals surface area contributed by atoms with Crippen LogP contribution in [0.4, 0.5) is 5.69 Å². The first-order valence-corrected chi connectivity index (χ1v) is 7.65. The minimum Gasteiger partial charge on any atom is -0.399 e. The number of nitrogens with one attached hydrogen (secondary N) is 1. The van der Waals surface area contributed by atoms with E-state index in [0.717, 1.165) is 11.3 Å². The van der Waals surface area contributed by atoms with Gasteiger partial charge in [0.2, 0.25) is 5.91 Å². The summed E-state index contributed by atoms with van der Waals surface area (Å²) in [6.45, 7) is 2.01. The highest BCUT2D eigenvalue weighted by Gasteiger charge is 2.20. The minimum atomic E-state index is -0.851. The number of nitrogens with two attached hydrogens (primary N) is 1. The zero-order valence-corrected chi connectivity index (χ0v) is 12.3. The maximum absolute atomic E-state index is 11.7. The van der Waals surface area contributed by atoms with Crippen LogP contribution in [-0.4, -0.2) is 35.2 Å². The van der Waals surface area contributed by atoms with Gasteiger partial charge in [0, 0.05) is 24.4 Å². The molecule has 0 aliphatic heterocycles. The Hall–Kier alpha value is -1.20. The fraction of sp³-hybridized carbons (Fsp3) is 0.500. The lowest BCUT2D eigenvalue weighted by molar-refractivity contribution is -0.122. The Kier molecular flexibility index (Phi) is 6.18. The maximum Gasteiger partial charge on any atom is 0.220 e. The number of hydrogen-bond donors (Lipinski definition) is 3. The predicted octanol–water partition coefficient (Wildman–Crippen LogP) is 1.43. The standard InChI is InChI=1S/C14H22N2O2S/c1-14(18,10-19-2)9-16-13(17)8-5-11-3-6-12(15)7-4-11/h3-4,6-7,18H,5,8-10,15H2,1-2H3,(H,16,17). The second-order valence-electron chi connectivity index (χ2n) is 4.95. The Morgan fingerprint density at radius 1 is 1.42 bits per heavy atom. The number of carbonyl (C=O) groups excluding carboxylic acids is 1. The van der Waals surface area contributed by atoms with Crippen molar-refractivity contribution in [2.24, 2.45) is 0 Å². The second-order valence-corrected chi connectivity index (χ2v) is 5.81. The van der Waals surface area contributed by atoms with Crippen molar-refractivity contribution >= 4 is 23.4 Å². The third kappa shape index (κ3) is 6.50. The van der Waals surface area contributed by atoms with Gasteiger partial charge in [-0.1, -0.05) is 12.1 Å². The van der Waals surface area contributed by atoms with Crippen LogP contribution < -0.4 is 11.1 Å². The molecule has 0 spiro atoms. The SMILES string of the molecule is CSCC(C)(O)CNC(=O)CCc1ccc(N)cc1. The molecule has 1 atom stereocenters. The van der Waals surface area contributed by atoms with Crippen LogP contribution in [0.2, 0.25) is 0 Å². The van der Waals surface area contributed by atoms with Crippen molar-refractivity contribution in [2.75, 3.05) is 24.3 Å². The molecule has 0 saturated carbocycles. The smallest absolute Gasteiger partial charge is 0.220 e. The van der Waals surface area contributed by atoms with Gasteiger partial charge >= 0.3 is 0 Å². The predicted molar refractivity (Wildman–Crippen MR) is 81.2 cm³/mol. The van der Waals surface area contributed by atoms with E-state index >= 15 is 0 Å². The van der Waals surface area contributed by atoms with Crippen LogP contribution in [0.5, 0.6) is 0 Å².